The first-order valence-corrected chi connectivity index (χ1v) is 10.6. The van der Waals surface area contributed by atoms with Gasteiger partial charge < -0.3 is 19.5 Å². The van der Waals surface area contributed by atoms with Gasteiger partial charge in [-0.2, -0.15) is 0 Å². The van der Waals surface area contributed by atoms with Gasteiger partial charge in [0.2, 0.25) is 5.91 Å². The highest BCUT2D eigenvalue weighted by Gasteiger charge is 2.28. The average Bonchev–Trinajstić information content (AvgIpc) is 3.18. The first-order valence-electron chi connectivity index (χ1n) is 9.83. The second kappa shape index (κ2) is 8.87. The lowest BCUT2D eigenvalue weighted by atomic mass is 9.96. The summed E-state index contributed by atoms with van der Waals surface area (Å²) in [6.45, 7) is 2.78. The highest BCUT2D eigenvalue weighted by molar-refractivity contribution is 9.10. The lowest BCUT2D eigenvalue weighted by Crippen LogP contribution is -2.43. The zero-order chi connectivity index (χ0) is 21.1. The van der Waals surface area contributed by atoms with Gasteiger partial charge in [-0.3, -0.25) is 9.59 Å². The molecule has 156 valence electrons. The topological polar surface area (TPSA) is 84.7 Å². The number of ether oxygens (including phenoxy) is 1. The van der Waals surface area contributed by atoms with E-state index in [2.05, 4.69) is 26.4 Å². The van der Waals surface area contributed by atoms with Gasteiger partial charge in [0, 0.05) is 25.1 Å². The zero-order valence-electron chi connectivity index (χ0n) is 16.6. The first kappa shape index (κ1) is 20.4. The molecular weight excluding hydrogens is 450 g/mol. The van der Waals surface area contributed by atoms with E-state index in [1.54, 1.807) is 17.9 Å². The fourth-order valence-electron chi connectivity index (χ4n) is 3.60. The smallest absolute Gasteiger partial charge is 0.260 e. The van der Waals surface area contributed by atoms with Crippen molar-refractivity contribution in [2.24, 2.45) is 5.92 Å². The van der Waals surface area contributed by atoms with Gasteiger partial charge in [0.15, 0.2) is 12.4 Å². The lowest BCUT2D eigenvalue weighted by Gasteiger charge is -2.31. The molecule has 1 saturated heterocycles. The molecule has 0 radical (unpaired) electrons. The normalized spacial score (nSPS) is 14.7. The molecular formula is C22H22BrN3O4. The largest absolute Gasteiger partial charge is 0.483 e. The molecule has 0 aliphatic carbocycles. The number of hydrogen-bond donors (Lipinski definition) is 1. The van der Waals surface area contributed by atoms with E-state index >= 15 is 0 Å². The maximum absolute atomic E-state index is 12.6. The van der Waals surface area contributed by atoms with Crippen LogP contribution in [0.15, 0.2) is 51.5 Å². The third kappa shape index (κ3) is 4.48. The number of rotatable bonds is 5. The molecule has 2 heterocycles. The van der Waals surface area contributed by atoms with Gasteiger partial charge in [0.25, 0.3) is 5.91 Å². The Morgan fingerprint density at radius 2 is 2.00 bits per heavy atom. The van der Waals surface area contributed by atoms with E-state index in [1.807, 2.05) is 36.4 Å². The van der Waals surface area contributed by atoms with Gasteiger partial charge >= 0.3 is 0 Å². The van der Waals surface area contributed by atoms with Crippen LogP contribution in [0.1, 0.15) is 18.6 Å². The second-order valence-electron chi connectivity index (χ2n) is 7.35. The maximum atomic E-state index is 12.6. The third-order valence-corrected chi connectivity index (χ3v) is 6.09. The number of benzene rings is 2. The molecule has 0 spiro atoms. The molecule has 0 unspecified atom stereocenters. The lowest BCUT2D eigenvalue weighted by molar-refractivity contribution is -0.136. The van der Waals surface area contributed by atoms with E-state index in [0.29, 0.717) is 43.3 Å². The number of carbonyl (C=O) groups is 2. The number of aromatic nitrogens is 1. The fourth-order valence-corrected chi connectivity index (χ4v) is 4.21. The van der Waals surface area contributed by atoms with Crippen molar-refractivity contribution in [3.05, 3.63) is 52.7 Å². The number of piperidine rings is 1. The van der Waals surface area contributed by atoms with Gasteiger partial charge in [0.05, 0.1) is 4.47 Å². The number of carbonyl (C=O) groups excluding carboxylic acids is 2. The third-order valence-electron chi connectivity index (χ3n) is 5.28. The van der Waals surface area contributed by atoms with E-state index in [4.69, 9.17) is 9.26 Å². The molecule has 3 aromatic rings. The predicted octanol–water partition coefficient (Wildman–Crippen LogP) is 4.15. The summed E-state index contributed by atoms with van der Waals surface area (Å²) >= 11 is 3.57. The Hall–Kier alpha value is -2.87. The minimum Gasteiger partial charge on any atom is -0.483 e. The molecule has 30 heavy (non-hydrogen) atoms. The van der Waals surface area contributed by atoms with Crippen molar-refractivity contribution in [3.8, 4) is 5.75 Å². The van der Waals surface area contributed by atoms with Crippen LogP contribution in [0.5, 0.6) is 5.75 Å². The van der Waals surface area contributed by atoms with Crippen LogP contribution in [0.4, 0.5) is 5.82 Å². The number of aryl methyl sites for hydroxylation is 1. The summed E-state index contributed by atoms with van der Waals surface area (Å²) in [7, 11) is 0. The Morgan fingerprint density at radius 1 is 1.23 bits per heavy atom. The molecule has 0 saturated carbocycles. The molecule has 1 N–H and O–H groups in total. The number of nitrogens with one attached hydrogen (secondary N) is 1. The van der Waals surface area contributed by atoms with Crippen LogP contribution in [-0.2, 0) is 9.59 Å². The molecule has 1 aliphatic rings. The first-order chi connectivity index (χ1) is 14.5. The number of hydrogen-bond acceptors (Lipinski definition) is 5. The van der Waals surface area contributed by atoms with Gasteiger partial charge in [-0.25, -0.2) is 0 Å². The van der Waals surface area contributed by atoms with E-state index in [9.17, 15) is 9.59 Å². The van der Waals surface area contributed by atoms with E-state index in [0.717, 1.165) is 15.2 Å². The van der Waals surface area contributed by atoms with Gasteiger partial charge in [-0.05, 0) is 52.5 Å². The standard InChI is InChI=1S/C22H22BrN3O4/c1-14-12-19(25-30-14)24-22(28)16-8-10-26(11-9-16)20(27)13-29-18-7-6-15-4-2-3-5-17(15)21(18)23/h2-7,12,16H,8-11,13H2,1H3,(H,24,25,28). The second-order valence-corrected chi connectivity index (χ2v) is 8.15. The quantitative estimate of drug-likeness (QED) is 0.603. The van der Waals surface area contributed by atoms with Crippen LogP contribution in [0, 0.1) is 12.8 Å². The van der Waals surface area contributed by atoms with Crippen LogP contribution in [0.3, 0.4) is 0 Å². The number of halogens is 1. The molecule has 1 aliphatic heterocycles. The highest BCUT2D eigenvalue weighted by atomic mass is 79.9. The summed E-state index contributed by atoms with van der Waals surface area (Å²) in [5, 5.41) is 8.69. The maximum Gasteiger partial charge on any atom is 0.260 e. The monoisotopic (exact) mass is 471 g/mol. The van der Waals surface area contributed by atoms with Crippen molar-refractivity contribution in [2.75, 3.05) is 25.0 Å². The summed E-state index contributed by atoms with van der Waals surface area (Å²) < 4.78 is 11.6. The van der Waals surface area contributed by atoms with Crippen molar-refractivity contribution in [2.45, 2.75) is 19.8 Å². The minimum atomic E-state index is -0.151. The minimum absolute atomic E-state index is 0.0357. The molecule has 7 nitrogen and oxygen atoms in total. The van der Waals surface area contributed by atoms with Crippen LogP contribution >= 0.6 is 15.9 Å². The van der Waals surface area contributed by atoms with Gasteiger partial charge in [0.1, 0.15) is 11.5 Å². The van der Waals surface area contributed by atoms with Crippen molar-refractivity contribution < 1.29 is 18.8 Å². The van der Waals surface area contributed by atoms with Crippen LogP contribution in [0.2, 0.25) is 0 Å². The van der Waals surface area contributed by atoms with Gasteiger partial charge in [-0.15, -0.1) is 0 Å². The number of nitrogens with zero attached hydrogens (tertiary/aromatic N) is 2. The molecule has 2 aromatic carbocycles. The fraction of sp³-hybridized carbons (Fsp3) is 0.318. The van der Waals surface area contributed by atoms with Crippen LogP contribution < -0.4 is 10.1 Å². The van der Waals surface area contributed by atoms with Crippen LogP contribution in [0.25, 0.3) is 10.8 Å². The molecule has 1 aromatic heterocycles. The Kier molecular flexibility index (Phi) is 6.03. The molecule has 1 fully saturated rings. The Labute approximate surface area is 182 Å². The Morgan fingerprint density at radius 3 is 2.73 bits per heavy atom. The van der Waals surface area contributed by atoms with Crippen molar-refractivity contribution >= 4 is 44.3 Å². The van der Waals surface area contributed by atoms with E-state index in [-0.39, 0.29) is 24.3 Å². The number of likely N-dealkylation sites (tertiary alicyclic amines) is 1. The Balaban J connectivity index is 1.28. The molecule has 4 rings (SSSR count). The molecule has 0 bridgehead atoms. The summed E-state index contributed by atoms with van der Waals surface area (Å²) in [6.07, 6.45) is 1.21. The molecule has 2 amide bonds. The number of fused-ring (bicyclic) bond motifs is 1. The SMILES string of the molecule is Cc1cc(NC(=O)C2CCN(C(=O)COc3ccc4ccccc4c3Br)CC2)no1. The zero-order valence-corrected chi connectivity index (χ0v) is 18.1. The van der Waals surface area contributed by atoms with Gasteiger partial charge in [-0.1, -0.05) is 35.5 Å². The van der Waals surface area contributed by atoms with E-state index in [1.165, 1.54) is 0 Å². The number of anilines is 1. The van der Waals surface area contributed by atoms with Crippen molar-refractivity contribution in [1.29, 1.82) is 0 Å². The summed E-state index contributed by atoms with van der Waals surface area (Å²) in [4.78, 5) is 26.7. The van der Waals surface area contributed by atoms with E-state index < -0.39 is 0 Å². The van der Waals surface area contributed by atoms with Crippen LogP contribution in [-0.4, -0.2) is 41.6 Å². The molecule has 0 atom stereocenters. The highest BCUT2D eigenvalue weighted by Crippen LogP contribution is 2.33. The summed E-state index contributed by atoms with van der Waals surface area (Å²) in [5.74, 6) is 1.38. The van der Waals surface area contributed by atoms with Crippen molar-refractivity contribution in [3.63, 3.8) is 0 Å². The summed E-state index contributed by atoms with van der Waals surface area (Å²) in [5.41, 5.74) is 0. The number of amides is 2. The molecule has 8 heteroatoms. The Bertz CT molecular complexity index is 1070. The van der Waals surface area contributed by atoms with Crippen molar-refractivity contribution in [1.82, 2.24) is 10.1 Å². The predicted molar refractivity (Wildman–Crippen MR) is 116 cm³/mol. The average molecular weight is 472 g/mol. The summed E-state index contributed by atoms with van der Waals surface area (Å²) in [6, 6.07) is 13.5.